The van der Waals surface area contributed by atoms with Crippen molar-refractivity contribution in [2.24, 2.45) is 0 Å². The van der Waals surface area contributed by atoms with Gasteiger partial charge in [0.15, 0.2) is 0 Å². The van der Waals surface area contributed by atoms with Crippen molar-refractivity contribution in [2.45, 2.75) is 102 Å². The largest absolute Gasteiger partial charge is 0.386 e. The molecule has 1 N–H and O–H groups in total. The summed E-state index contributed by atoms with van der Waals surface area (Å²) in [7, 11) is 0. The van der Waals surface area contributed by atoms with Gasteiger partial charge in [0, 0.05) is 0 Å². The average Bonchev–Trinajstić information content (AvgIpc) is 2.44. The molecule has 0 heterocycles. The van der Waals surface area contributed by atoms with Crippen LogP contribution in [0.1, 0.15) is 96.3 Å². The molecule has 1 saturated carbocycles. The lowest BCUT2D eigenvalue weighted by atomic mass is 9.78. The minimum atomic E-state index is -0.445. The predicted molar refractivity (Wildman–Crippen MR) is 82.3 cm³/mol. The van der Waals surface area contributed by atoms with Gasteiger partial charge in [-0.1, -0.05) is 63.9 Å². The van der Waals surface area contributed by atoms with Crippen molar-refractivity contribution in [1.82, 2.24) is 0 Å². The van der Waals surface area contributed by atoms with Gasteiger partial charge >= 0.3 is 0 Å². The average molecular weight is 264 g/mol. The van der Waals surface area contributed by atoms with E-state index in [2.05, 4.69) is 6.08 Å². The number of hydrogen-bond donors (Lipinski definition) is 1. The molecule has 110 valence electrons. The first-order valence-electron chi connectivity index (χ1n) is 8.73. The summed E-state index contributed by atoms with van der Waals surface area (Å²) in [6, 6.07) is 0. The minimum Gasteiger partial charge on any atom is -0.386 e. The van der Waals surface area contributed by atoms with Crippen LogP contribution in [0.25, 0.3) is 0 Å². The molecule has 19 heavy (non-hydrogen) atoms. The van der Waals surface area contributed by atoms with E-state index in [0.29, 0.717) is 0 Å². The summed E-state index contributed by atoms with van der Waals surface area (Å²) in [4.78, 5) is 0. The van der Waals surface area contributed by atoms with Gasteiger partial charge in [0.25, 0.3) is 0 Å². The van der Waals surface area contributed by atoms with E-state index >= 15 is 0 Å². The van der Waals surface area contributed by atoms with Gasteiger partial charge in [0.1, 0.15) is 0 Å². The van der Waals surface area contributed by atoms with Crippen LogP contribution in [0.4, 0.5) is 0 Å². The van der Waals surface area contributed by atoms with Gasteiger partial charge in [-0.2, -0.15) is 0 Å². The zero-order valence-electron chi connectivity index (χ0n) is 12.6. The molecular formula is C18H32O. The zero-order chi connectivity index (χ0) is 13.4. The molecule has 2 aliphatic carbocycles. The van der Waals surface area contributed by atoms with Crippen molar-refractivity contribution in [3.63, 3.8) is 0 Å². The molecule has 2 aliphatic rings. The Morgan fingerprint density at radius 3 is 1.68 bits per heavy atom. The van der Waals surface area contributed by atoms with E-state index in [4.69, 9.17) is 0 Å². The molecule has 0 saturated heterocycles. The number of rotatable bonds is 1. The number of aliphatic hydroxyl groups is 1. The van der Waals surface area contributed by atoms with Crippen LogP contribution in [-0.4, -0.2) is 10.7 Å². The third-order valence-corrected chi connectivity index (χ3v) is 5.07. The second kappa shape index (κ2) is 8.09. The standard InChI is InChI=1S/C18H32O/c19-18(17-13-9-8-10-14-17)15-11-6-4-2-1-3-5-7-12-16-18/h13,19H,1-12,14-16H2. The van der Waals surface area contributed by atoms with Gasteiger partial charge in [-0.25, -0.2) is 0 Å². The van der Waals surface area contributed by atoms with Gasteiger partial charge in [-0.3, -0.25) is 0 Å². The maximum absolute atomic E-state index is 11.1. The fourth-order valence-electron chi connectivity index (χ4n) is 3.78. The molecule has 0 atom stereocenters. The predicted octanol–water partition coefficient (Wildman–Crippen LogP) is 5.52. The molecule has 1 heteroatoms. The third kappa shape index (κ3) is 4.95. The van der Waals surface area contributed by atoms with E-state index < -0.39 is 5.60 Å². The number of allylic oxidation sites excluding steroid dienone is 1. The zero-order valence-corrected chi connectivity index (χ0v) is 12.6. The molecule has 0 spiro atoms. The second-order valence-electron chi connectivity index (χ2n) is 6.69. The van der Waals surface area contributed by atoms with Crippen LogP contribution in [-0.2, 0) is 0 Å². The summed E-state index contributed by atoms with van der Waals surface area (Å²) < 4.78 is 0. The summed E-state index contributed by atoms with van der Waals surface area (Å²) in [6.45, 7) is 0. The van der Waals surface area contributed by atoms with Crippen LogP contribution in [0.3, 0.4) is 0 Å². The topological polar surface area (TPSA) is 20.2 Å². The highest BCUT2D eigenvalue weighted by Gasteiger charge is 2.30. The molecule has 0 unspecified atom stereocenters. The van der Waals surface area contributed by atoms with E-state index in [1.807, 2.05) is 0 Å². The minimum absolute atomic E-state index is 0.445. The van der Waals surface area contributed by atoms with Crippen molar-refractivity contribution < 1.29 is 5.11 Å². The lowest BCUT2D eigenvalue weighted by molar-refractivity contribution is 0.0488. The van der Waals surface area contributed by atoms with Crippen molar-refractivity contribution in [2.75, 3.05) is 0 Å². The molecule has 2 rings (SSSR count). The summed E-state index contributed by atoms with van der Waals surface area (Å²) in [5.74, 6) is 0. The Hall–Kier alpha value is -0.300. The summed E-state index contributed by atoms with van der Waals surface area (Å²) >= 11 is 0. The molecule has 0 aromatic rings. The summed E-state index contributed by atoms with van der Waals surface area (Å²) in [6.07, 6.45) is 21.4. The third-order valence-electron chi connectivity index (χ3n) is 5.07. The van der Waals surface area contributed by atoms with Crippen molar-refractivity contribution >= 4 is 0 Å². The van der Waals surface area contributed by atoms with Crippen LogP contribution in [0.5, 0.6) is 0 Å². The Morgan fingerprint density at radius 2 is 1.21 bits per heavy atom. The smallest absolute Gasteiger partial charge is 0.0856 e. The quantitative estimate of drug-likeness (QED) is 0.618. The van der Waals surface area contributed by atoms with Crippen LogP contribution in [0, 0.1) is 0 Å². The maximum Gasteiger partial charge on any atom is 0.0856 e. The Morgan fingerprint density at radius 1 is 0.684 bits per heavy atom. The van der Waals surface area contributed by atoms with Gasteiger partial charge in [0.2, 0.25) is 0 Å². The monoisotopic (exact) mass is 264 g/mol. The summed E-state index contributed by atoms with van der Waals surface area (Å²) in [5.41, 5.74) is 0.940. The normalized spacial score (nSPS) is 26.9. The molecule has 0 aliphatic heterocycles. The van der Waals surface area contributed by atoms with E-state index in [1.54, 1.807) is 0 Å². The highest BCUT2D eigenvalue weighted by Crippen LogP contribution is 2.36. The Kier molecular flexibility index (Phi) is 6.43. The molecule has 0 bridgehead atoms. The first-order chi connectivity index (χ1) is 9.31. The van der Waals surface area contributed by atoms with Gasteiger partial charge in [-0.15, -0.1) is 0 Å². The molecular weight excluding hydrogens is 232 g/mol. The van der Waals surface area contributed by atoms with Crippen LogP contribution in [0.2, 0.25) is 0 Å². The molecule has 1 fully saturated rings. The van der Waals surface area contributed by atoms with Crippen molar-refractivity contribution in [3.05, 3.63) is 11.6 Å². The molecule has 0 aromatic carbocycles. The highest BCUT2D eigenvalue weighted by molar-refractivity contribution is 5.18. The fraction of sp³-hybridized carbons (Fsp3) is 0.889. The first-order valence-corrected chi connectivity index (χ1v) is 8.73. The van der Waals surface area contributed by atoms with E-state index in [-0.39, 0.29) is 0 Å². The Labute approximate surface area is 119 Å². The SMILES string of the molecule is OC1(C2=CCCCC2)CCCCCCCCCCC1. The molecule has 0 aromatic heterocycles. The van der Waals surface area contributed by atoms with Gasteiger partial charge in [-0.05, 0) is 44.1 Å². The van der Waals surface area contributed by atoms with Crippen LogP contribution in [0.15, 0.2) is 11.6 Å². The lowest BCUT2D eigenvalue weighted by Crippen LogP contribution is -2.32. The molecule has 0 amide bonds. The van der Waals surface area contributed by atoms with E-state index in [1.165, 1.54) is 82.6 Å². The highest BCUT2D eigenvalue weighted by atomic mass is 16.3. The Bertz CT molecular complexity index is 267. The van der Waals surface area contributed by atoms with Crippen LogP contribution >= 0.6 is 0 Å². The van der Waals surface area contributed by atoms with E-state index in [0.717, 1.165) is 19.3 Å². The van der Waals surface area contributed by atoms with Crippen LogP contribution < -0.4 is 0 Å². The molecule has 1 nitrogen and oxygen atoms in total. The molecule has 0 radical (unpaired) electrons. The Balaban J connectivity index is 1.94. The second-order valence-corrected chi connectivity index (χ2v) is 6.69. The maximum atomic E-state index is 11.1. The fourth-order valence-corrected chi connectivity index (χ4v) is 3.78. The summed E-state index contributed by atoms with van der Waals surface area (Å²) in [5, 5.41) is 11.1. The van der Waals surface area contributed by atoms with E-state index in [9.17, 15) is 5.11 Å². The van der Waals surface area contributed by atoms with Crippen molar-refractivity contribution in [1.29, 1.82) is 0 Å². The van der Waals surface area contributed by atoms with Crippen molar-refractivity contribution in [3.8, 4) is 0 Å². The lowest BCUT2D eigenvalue weighted by Gasteiger charge is -2.33. The van der Waals surface area contributed by atoms with Gasteiger partial charge < -0.3 is 5.11 Å². The first kappa shape index (κ1) is 15.1. The van der Waals surface area contributed by atoms with Gasteiger partial charge in [0.05, 0.1) is 5.60 Å². The number of hydrogen-bond acceptors (Lipinski definition) is 1.